The lowest BCUT2D eigenvalue weighted by Gasteiger charge is -2.13. The summed E-state index contributed by atoms with van der Waals surface area (Å²) in [5, 5.41) is 2.33. The summed E-state index contributed by atoms with van der Waals surface area (Å²) in [5.41, 5.74) is -0.215. The molecule has 4 aromatic rings. The van der Waals surface area contributed by atoms with Crippen LogP contribution >= 0.6 is 0 Å². The molecule has 182 valence electrons. The van der Waals surface area contributed by atoms with Crippen LogP contribution in [0.5, 0.6) is 5.75 Å². The highest BCUT2D eigenvalue weighted by molar-refractivity contribution is 6.05. The van der Waals surface area contributed by atoms with E-state index >= 15 is 0 Å². The molecule has 0 saturated heterocycles. The molecule has 0 saturated carbocycles. The number of methoxy groups -OCH3 is 1. The maximum absolute atomic E-state index is 13.6. The second-order valence-corrected chi connectivity index (χ2v) is 7.39. The standard InChI is InChI=1S/C22H15F6N5O2/c1-11-3-6-15-14(7-11)31-20(22(26,27)28)33(15)18-10-29-17(9-30-18)32-19(34)13-5-4-12(21(23,24)25)8-16(13)35-2/h3-10H,1-2H3,(H,29,32,34). The number of amides is 1. The normalized spacial score (nSPS) is 12.1. The minimum atomic E-state index is -4.78. The van der Waals surface area contributed by atoms with E-state index in [4.69, 9.17) is 4.74 Å². The predicted molar refractivity (Wildman–Crippen MR) is 112 cm³/mol. The number of carbonyl (C=O) groups excluding carboxylic acids is 1. The van der Waals surface area contributed by atoms with Crippen molar-refractivity contribution in [3.05, 3.63) is 71.3 Å². The number of alkyl halides is 6. The minimum absolute atomic E-state index is 0.117. The molecule has 2 aromatic carbocycles. The molecule has 0 unspecified atom stereocenters. The van der Waals surface area contributed by atoms with Gasteiger partial charge in [0.15, 0.2) is 11.6 Å². The highest BCUT2D eigenvalue weighted by Gasteiger charge is 2.38. The van der Waals surface area contributed by atoms with Gasteiger partial charge in [-0.15, -0.1) is 0 Å². The van der Waals surface area contributed by atoms with Gasteiger partial charge in [-0.3, -0.25) is 9.36 Å². The van der Waals surface area contributed by atoms with Gasteiger partial charge in [-0.25, -0.2) is 15.0 Å². The van der Waals surface area contributed by atoms with Crippen molar-refractivity contribution < 1.29 is 35.9 Å². The lowest BCUT2D eigenvalue weighted by molar-refractivity contribution is -0.145. The molecule has 0 aliphatic carbocycles. The maximum atomic E-state index is 13.6. The van der Waals surface area contributed by atoms with Crippen molar-refractivity contribution in [2.75, 3.05) is 12.4 Å². The molecule has 1 amide bonds. The van der Waals surface area contributed by atoms with Crippen LogP contribution in [0.15, 0.2) is 48.8 Å². The van der Waals surface area contributed by atoms with Crippen molar-refractivity contribution in [3.8, 4) is 11.6 Å². The topological polar surface area (TPSA) is 81.9 Å². The van der Waals surface area contributed by atoms with Gasteiger partial charge in [-0.05, 0) is 42.8 Å². The molecule has 7 nitrogen and oxygen atoms in total. The number of aromatic nitrogens is 4. The Morgan fingerprint density at radius 2 is 1.71 bits per heavy atom. The van der Waals surface area contributed by atoms with Crippen molar-refractivity contribution >= 4 is 22.8 Å². The van der Waals surface area contributed by atoms with Crippen molar-refractivity contribution in [1.29, 1.82) is 0 Å². The number of nitrogens with zero attached hydrogens (tertiary/aromatic N) is 4. The number of nitrogens with one attached hydrogen (secondary N) is 1. The largest absolute Gasteiger partial charge is 0.496 e. The smallest absolute Gasteiger partial charge is 0.450 e. The summed E-state index contributed by atoms with van der Waals surface area (Å²) >= 11 is 0. The number of hydrogen-bond donors (Lipinski definition) is 1. The first-order chi connectivity index (χ1) is 16.4. The second kappa shape index (κ2) is 8.56. The lowest BCUT2D eigenvalue weighted by atomic mass is 10.1. The van der Waals surface area contributed by atoms with E-state index in [1.807, 2.05) is 0 Å². The number of halogens is 6. The number of ether oxygens (including phenoxy) is 1. The average molecular weight is 495 g/mol. The molecule has 35 heavy (non-hydrogen) atoms. The maximum Gasteiger partial charge on any atom is 0.450 e. The van der Waals surface area contributed by atoms with E-state index in [2.05, 4.69) is 20.3 Å². The summed E-state index contributed by atoms with van der Waals surface area (Å²) < 4.78 is 85.2. The van der Waals surface area contributed by atoms with Gasteiger partial charge in [0.2, 0.25) is 5.82 Å². The van der Waals surface area contributed by atoms with E-state index < -0.39 is 29.6 Å². The van der Waals surface area contributed by atoms with Crippen LogP contribution in [-0.2, 0) is 12.4 Å². The van der Waals surface area contributed by atoms with E-state index in [-0.39, 0.29) is 34.0 Å². The van der Waals surface area contributed by atoms with Crippen LogP contribution in [0.25, 0.3) is 16.9 Å². The van der Waals surface area contributed by atoms with Crippen LogP contribution in [0.2, 0.25) is 0 Å². The molecule has 4 rings (SSSR count). The Morgan fingerprint density at radius 1 is 0.971 bits per heavy atom. The zero-order chi connectivity index (χ0) is 25.5. The molecule has 1 N–H and O–H groups in total. The van der Waals surface area contributed by atoms with Crippen LogP contribution in [0, 0.1) is 6.92 Å². The first-order valence-corrected chi connectivity index (χ1v) is 9.84. The summed E-state index contributed by atoms with van der Waals surface area (Å²) in [7, 11) is 1.11. The molecule has 0 bridgehead atoms. The number of fused-ring (bicyclic) bond motifs is 1. The first kappa shape index (κ1) is 24.0. The van der Waals surface area contributed by atoms with Crippen LogP contribution in [0.4, 0.5) is 32.2 Å². The van der Waals surface area contributed by atoms with Gasteiger partial charge in [0.25, 0.3) is 5.91 Å². The minimum Gasteiger partial charge on any atom is -0.496 e. The number of carbonyl (C=O) groups is 1. The van der Waals surface area contributed by atoms with E-state index in [1.54, 1.807) is 13.0 Å². The molecular formula is C22H15F6N5O2. The molecule has 0 spiro atoms. The van der Waals surface area contributed by atoms with E-state index in [9.17, 15) is 31.1 Å². The van der Waals surface area contributed by atoms with Crippen LogP contribution in [0.1, 0.15) is 27.3 Å². The summed E-state index contributed by atoms with van der Waals surface area (Å²) in [4.78, 5) is 24.1. The lowest BCUT2D eigenvalue weighted by Crippen LogP contribution is -2.17. The Hall–Kier alpha value is -4.16. The van der Waals surface area contributed by atoms with Crippen LogP contribution in [0.3, 0.4) is 0 Å². The van der Waals surface area contributed by atoms with Crippen LogP contribution < -0.4 is 10.1 Å². The molecule has 0 radical (unpaired) electrons. The third-order valence-corrected chi connectivity index (χ3v) is 4.95. The Kier molecular flexibility index (Phi) is 5.87. The molecule has 2 heterocycles. The molecule has 0 aliphatic heterocycles. The van der Waals surface area contributed by atoms with E-state index in [0.29, 0.717) is 6.07 Å². The van der Waals surface area contributed by atoms with E-state index in [1.165, 1.54) is 12.1 Å². The van der Waals surface area contributed by atoms with Crippen molar-refractivity contribution in [3.63, 3.8) is 0 Å². The van der Waals surface area contributed by atoms with Crippen molar-refractivity contribution in [1.82, 2.24) is 19.5 Å². The third kappa shape index (κ3) is 4.74. The van der Waals surface area contributed by atoms with Gasteiger partial charge in [0.05, 0.1) is 41.7 Å². The summed E-state index contributed by atoms with van der Waals surface area (Å²) in [6.45, 7) is 1.72. The summed E-state index contributed by atoms with van der Waals surface area (Å²) in [6, 6.07) is 6.93. The molecule has 13 heteroatoms. The molecule has 0 atom stereocenters. The van der Waals surface area contributed by atoms with Crippen molar-refractivity contribution in [2.45, 2.75) is 19.3 Å². The fraction of sp³-hybridized carbons (Fsp3) is 0.182. The second-order valence-electron chi connectivity index (χ2n) is 7.39. The Morgan fingerprint density at radius 3 is 2.31 bits per heavy atom. The first-order valence-electron chi connectivity index (χ1n) is 9.84. The highest BCUT2D eigenvalue weighted by Crippen LogP contribution is 2.34. The van der Waals surface area contributed by atoms with E-state index in [0.717, 1.165) is 41.8 Å². The predicted octanol–water partition coefficient (Wildman–Crippen LogP) is 5.42. The van der Waals surface area contributed by atoms with Gasteiger partial charge in [-0.2, -0.15) is 26.3 Å². The van der Waals surface area contributed by atoms with Crippen molar-refractivity contribution in [2.24, 2.45) is 0 Å². The third-order valence-electron chi connectivity index (χ3n) is 4.95. The SMILES string of the molecule is COc1cc(C(F)(F)F)ccc1C(=O)Nc1cnc(-n2c(C(F)(F)F)nc3cc(C)ccc32)cn1. The van der Waals surface area contributed by atoms with Gasteiger partial charge < -0.3 is 10.1 Å². The molecule has 0 fully saturated rings. The number of anilines is 1. The monoisotopic (exact) mass is 495 g/mol. The van der Waals surface area contributed by atoms with Gasteiger partial charge in [0, 0.05) is 0 Å². The number of aryl methyl sites for hydroxylation is 1. The Labute approximate surface area is 193 Å². The number of imidazole rings is 1. The van der Waals surface area contributed by atoms with Gasteiger partial charge >= 0.3 is 12.4 Å². The quantitative estimate of drug-likeness (QED) is 0.383. The van der Waals surface area contributed by atoms with Crippen LogP contribution in [-0.4, -0.2) is 32.5 Å². The zero-order valence-electron chi connectivity index (χ0n) is 18.0. The van der Waals surface area contributed by atoms with Gasteiger partial charge in [0.1, 0.15) is 5.75 Å². The van der Waals surface area contributed by atoms with Gasteiger partial charge in [-0.1, -0.05) is 6.07 Å². The number of hydrogen-bond acceptors (Lipinski definition) is 5. The Balaban J connectivity index is 1.65. The summed E-state index contributed by atoms with van der Waals surface area (Å²) in [5.74, 6) is -2.71. The fourth-order valence-corrected chi connectivity index (χ4v) is 3.35. The summed E-state index contributed by atoms with van der Waals surface area (Å²) in [6.07, 6.45) is -7.38. The highest BCUT2D eigenvalue weighted by atomic mass is 19.4. The fourth-order valence-electron chi connectivity index (χ4n) is 3.35. The zero-order valence-corrected chi connectivity index (χ0v) is 18.0. The Bertz CT molecular complexity index is 1410. The molecule has 2 aromatic heterocycles. The number of rotatable bonds is 4. The molecular weight excluding hydrogens is 480 g/mol. The molecule has 0 aliphatic rings. The number of benzene rings is 2. The average Bonchev–Trinajstić information content (AvgIpc) is 3.17.